The Kier molecular flexibility index (Phi) is 3.98. The maximum Gasteiger partial charge on any atom is 0.150 e. The Morgan fingerprint density at radius 2 is 2.00 bits per heavy atom. The van der Waals surface area contributed by atoms with Crippen molar-refractivity contribution in [2.45, 2.75) is 17.4 Å². The van der Waals surface area contributed by atoms with Crippen LogP contribution in [-0.2, 0) is 0 Å². The summed E-state index contributed by atoms with van der Waals surface area (Å²) in [4.78, 5) is 1.22. The Morgan fingerprint density at radius 1 is 1.20 bits per heavy atom. The third-order valence-corrected chi connectivity index (χ3v) is 5.03. The topological polar surface area (TPSA) is 12.0 Å². The third kappa shape index (κ3) is 2.69. The van der Waals surface area contributed by atoms with Gasteiger partial charge >= 0.3 is 0 Å². The van der Waals surface area contributed by atoms with Gasteiger partial charge in [-0.1, -0.05) is 18.2 Å². The van der Waals surface area contributed by atoms with Gasteiger partial charge in [-0.25, -0.2) is 8.78 Å². The van der Waals surface area contributed by atoms with E-state index in [4.69, 9.17) is 0 Å². The second kappa shape index (κ2) is 5.74. The molecule has 104 valence electrons. The van der Waals surface area contributed by atoms with E-state index in [0.717, 1.165) is 18.2 Å². The summed E-state index contributed by atoms with van der Waals surface area (Å²) in [7, 11) is 0. The predicted octanol–water partition coefficient (Wildman–Crippen LogP) is 5.38. The van der Waals surface area contributed by atoms with Gasteiger partial charge in [-0.2, -0.15) is 0 Å². The first kappa shape index (κ1) is 13.9. The SMILES string of the molecule is Fc1cc(F)c(NC2CCSc3ccccc32)c(Br)c1. The number of nitrogens with one attached hydrogen (secondary N) is 1. The molecule has 1 N–H and O–H groups in total. The van der Waals surface area contributed by atoms with Gasteiger partial charge in [0.2, 0.25) is 0 Å². The molecule has 1 aliphatic rings. The highest BCUT2D eigenvalue weighted by molar-refractivity contribution is 9.10. The average Bonchev–Trinajstić information content (AvgIpc) is 2.43. The number of fused-ring (bicyclic) bond motifs is 1. The maximum atomic E-state index is 13.9. The number of hydrogen-bond donors (Lipinski definition) is 1. The standard InChI is InChI=1S/C15H12BrF2NS/c16-11-7-9(17)8-12(18)15(11)19-13-5-6-20-14-4-2-1-3-10(13)14/h1-4,7-8,13,19H,5-6H2. The van der Waals surface area contributed by atoms with E-state index in [2.05, 4.69) is 33.4 Å². The van der Waals surface area contributed by atoms with Crippen LogP contribution >= 0.6 is 27.7 Å². The summed E-state index contributed by atoms with van der Waals surface area (Å²) in [6, 6.07) is 10.3. The summed E-state index contributed by atoms with van der Waals surface area (Å²) in [6.45, 7) is 0. The molecule has 0 bridgehead atoms. The number of benzene rings is 2. The zero-order chi connectivity index (χ0) is 14.1. The molecule has 0 fully saturated rings. The first-order chi connectivity index (χ1) is 9.65. The van der Waals surface area contributed by atoms with Gasteiger partial charge in [0.1, 0.15) is 11.6 Å². The number of halogens is 3. The average molecular weight is 356 g/mol. The lowest BCUT2D eigenvalue weighted by Gasteiger charge is -2.27. The molecule has 1 nitrogen and oxygen atoms in total. The van der Waals surface area contributed by atoms with Crippen LogP contribution in [0.3, 0.4) is 0 Å². The van der Waals surface area contributed by atoms with Gasteiger partial charge in [0.05, 0.1) is 11.7 Å². The Bertz CT molecular complexity index is 625. The van der Waals surface area contributed by atoms with Gasteiger partial charge in [0.25, 0.3) is 0 Å². The number of anilines is 1. The summed E-state index contributed by atoms with van der Waals surface area (Å²) in [5.74, 6) is -0.179. The fraction of sp³-hybridized carbons (Fsp3) is 0.200. The van der Waals surface area contributed by atoms with Gasteiger partial charge in [-0.15, -0.1) is 11.8 Å². The zero-order valence-electron chi connectivity index (χ0n) is 10.5. The van der Waals surface area contributed by atoms with E-state index in [9.17, 15) is 8.78 Å². The van der Waals surface area contributed by atoms with Crippen LogP contribution in [0.25, 0.3) is 0 Å². The second-order valence-corrected chi connectivity index (χ2v) is 6.61. The molecular formula is C15H12BrF2NS. The van der Waals surface area contributed by atoms with E-state index in [1.807, 2.05) is 23.9 Å². The van der Waals surface area contributed by atoms with Crippen molar-refractivity contribution < 1.29 is 8.78 Å². The summed E-state index contributed by atoms with van der Waals surface area (Å²) in [5, 5.41) is 3.20. The molecule has 0 aliphatic carbocycles. The van der Waals surface area contributed by atoms with Crippen LogP contribution in [0, 0.1) is 11.6 Å². The van der Waals surface area contributed by atoms with Crippen molar-refractivity contribution in [3.05, 3.63) is 58.1 Å². The highest BCUT2D eigenvalue weighted by atomic mass is 79.9. The van der Waals surface area contributed by atoms with E-state index < -0.39 is 11.6 Å². The first-order valence-electron chi connectivity index (χ1n) is 6.28. The lowest BCUT2D eigenvalue weighted by Crippen LogP contribution is -2.17. The first-order valence-corrected chi connectivity index (χ1v) is 8.06. The van der Waals surface area contributed by atoms with Crippen LogP contribution in [0.5, 0.6) is 0 Å². The van der Waals surface area contributed by atoms with Crippen LogP contribution in [0.1, 0.15) is 18.0 Å². The van der Waals surface area contributed by atoms with E-state index in [-0.39, 0.29) is 6.04 Å². The molecule has 0 saturated carbocycles. The van der Waals surface area contributed by atoms with Crippen molar-refractivity contribution in [3.63, 3.8) is 0 Å². The largest absolute Gasteiger partial charge is 0.375 e. The maximum absolute atomic E-state index is 13.9. The van der Waals surface area contributed by atoms with Gasteiger partial charge < -0.3 is 5.32 Å². The quantitative estimate of drug-likeness (QED) is 0.776. The van der Waals surface area contributed by atoms with Crippen molar-refractivity contribution in [1.29, 1.82) is 0 Å². The Hall–Kier alpha value is -1.07. The molecule has 1 atom stereocenters. The van der Waals surface area contributed by atoms with E-state index in [1.54, 1.807) is 0 Å². The third-order valence-electron chi connectivity index (χ3n) is 3.28. The summed E-state index contributed by atoms with van der Waals surface area (Å²) < 4.78 is 27.4. The molecule has 0 radical (unpaired) electrons. The minimum Gasteiger partial charge on any atom is -0.375 e. The van der Waals surface area contributed by atoms with E-state index >= 15 is 0 Å². The normalized spacial score (nSPS) is 17.6. The Labute approximate surface area is 128 Å². The lowest BCUT2D eigenvalue weighted by atomic mass is 10.0. The minimum absolute atomic E-state index is 0.0451. The number of hydrogen-bond acceptors (Lipinski definition) is 2. The van der Waals surface area contributed by atoms with Gasteiger partial charge in [0.15, 0.2) is 0 Å². The van der Waals surface area contributed by atoms with Crippen molar-refractivity contribution >= 4 is 33.4 Å². The minimum atomic E-state index is -0.584. The van der Waals surface area contributed by atoms with Crippen LogP contribution < -0.4 is 5.32 Å². The predicted molar refractivity (Wildman–Crippen MR) is 82.2 cm³/mol. The van der Waals surface area contributed by atoms with Gasteiger partial charge in [-0.3, -0.25) is 0 Å². The second-order valence-electron chi connectivity index (χ2n) is 4.62. The van der Waals surface area contributed by atoms with Crippen LogP contribution in [0.2, 0.25) is 0 Å². The fourth-order valence-corrected chi connectivity index (χ4v) is 3.99. The fourth-order valence-electron chi connectivity index (χ4n) is 2.35. The van der Waals surface area contributed by atoms with Crippen molar-refractivity contribution in [2.24, 2.45) is 0 Å². The van der Waals surface area contributed by atoms with Crippen molar-refractivity contribution in [1.82, 2.24) is 0 Å². The molecule has 20 heavy (non-hydrogen) atoms. The molecule has 0 saturated heterocycles. The molecule has 5 heteroatoms. The summed E-state index contributed by atoms with van der Waals surface area (Å²) in [5.41, 5.74) is 1.48. The molecule has 2 aromatic rings. The molecular weight excluding hydrogens is 344 g/mol. The smallest absolute Gasteiger partial charge is 0.150 e. The highest BCUT2D eigenvalue weighted by Gasteiger charge is 2.22. The van der Waals surface area contributed by atoms with Crippen LogP contribution in [0.4, 0.5) is 14.5 Å². The van der Waals surface area contributed by atoms with Crippen LogP contribution in [-0.4, -0.2) is 5.75 Å². The van der Waals surface area contributed by atoms with Crippen molar-refractivity contribution in [3.8, 4) is 0 Å². The van der Waals surface area contributed by atoms with E-state index in [1.165, 1.54) is 16.5 Å². The van der Waals surface area contributed by atoms with E-state index in [0.29, 0.717) is 10.2 Å². The molecule has 1 heterocycles. The molecule has 0 aromatic heterocycles. The molecule has 1 aliphatic heterocycles. The molecule has 3 rings (SSSR count). The molecule has 1 unspecified atom stereocenters. The lowest BCUT2D eigenvalue weighted by molar-refractivity contribution is 0.580. The zero-order valence-corrected chi connectivity index (χ0v) is 12.9. The molecule has 2 aromatic carbocycles. The summed E-state index contributed by atoms with van der Waals surface area (Å²) >= 11 is 5.03. The highest BCUT2D eigenvalue weighted by Crippen LogP contribution is 2.39. The number of thioether (sulfide) groups is 1. The molecule has 0 amide bonds. The molecule has 0 spiro atoms. The van der Waals surface area contributed by atoms with Gasteiger partial charge in [0, 0.05) is 21.2 Å². The Morgan fingerprint density at radius 3 is 2.80 bits per heavy atom. The van der Waals surface area contributed by atoms with Crippen molar-refractivity contribution in [2.75, 3.05) is 11.1 Å². The monoisotopic (exact) mass is 355 g/mol. The summed E-state index contributed by atoms with van der Waals surface area (Å²) in [6.07, 6.45) is 0.908. The van der Waals surface area contributed by atoms with Crippen LogP contribution in [0.15, 0.2) is 45.8 Å². The Balaban J connectivity index is 1.94. The van der Waals surface area contributed by atoms with Gasteiger partial charge in [-0.05, 0) is 40.0 Å². The number of rotatable bonds is 2.